The Labute approximate surface area is 198 Å². The molecule has 1 unspecified atom stereocenters. The number of aliphatic hydroxyl groups is 1. The summed E-state index contributed by atoms with van der Waals surface area (Å²) in [5, 5.41) is 17.6. The normalized spacial score (nSPS) is 22.8. The van der Waals surface area contributed by atoms with Crippen molar-refractivity contribution < 1.29 is 9.90 Å². The van der Waals surface area contributed by atoms with Crippen LogP contribution in [0, 0.1) is 12.8 Å². The molecule has 2 aliphatic carbocycles. The first-order chi connectivity index (χ1) is 16.1. The van der Waals surface area contributed by atoms with Gasteiger partial charge < -0.3 is 10.0 Å². The van der Waals surface area contributed by atoms with Crippen LogP contribution in [-0.2, 0) is 11.2 Å². The molecule has 33 heavy (non-hydrogen) atoms. The molecule has 6 heteroatoms. The molecule has 2 saturated carbocycles. The minimum Gasteiger partial charge on any atom is -0.396 e. The topological polar surface area (TPSA) is 71.2 Å². The van der Waals surface area contributed by atoms with Crippen LogP contribution in [-0.4, -0.2) is 50.6 Å². The van der Waals surface area contributed by atoms with Crippen molar-refractivity contribution in [2.24, 2.45) is 5.92 Å². The Bertz CT molecular complexity index is 897. The Morgan fingerprint density at radius 1 is 1.15 bits per heavy atom. The third-order valence-corrected chi connectivity index (χ3v) is 7.87. The van der Waals surface area contributed by atoms with E-state index in [2.05, 4.69) is 46.4 Å². The standard InChI is InChI=1S/C27H40N4O2/c1-20-8-6-11-22(18-20)26(21-9-4-3-5-10-21)27(33)30(2)24-13-15-25(16-14-24)31-19-23(28-29-31)12-7-17-32/h6,8,11,18-19,21,24-26,32H,3-5,7,9-10,12-17H2,1-2H3. The van der Waals surface area contributed by atoms with Gasteiger partial charge in [0.2, 0.25) is 5.91 Å². The molecule has 1 aromatic heterocycles. The maximum Gasteiger partial charge on any atom is 0.230 e. The first-order valence-corrected chi connectivity index (χ1v) is 12.9. The second-order valence-corrected chi connectivity index (χ2v) is 10.2. The fourth-order valence-electron chi connectivity index (χ4n) is 5.92. The minimum atomic E-state index is -0.0164. The number of hydrogen-bond acceptors (Lipinski definition) is 4. The maximum absolute atomic E-state index is 13.9. The molecule has 2 aliphatic rings. The van der Waals surface area contributed by atoms with E-state index >= 15 is 0 Å². The first kappa shape index (κ1) is 23.9. The van der Waals surface area contributed by atoms with Gasteiger partial charge in [0, 0.05) is 25.9 Å². The van der Waals surface area contributed by atoms with Crippen LogP contribution in [0.25, 0.3) is 0 Å². The van der Waals surface area contributed by atoms with Crippen LogP contribution >= 0.6 is 0 Å². The van der Waals surface area contributed by atoms with E-state index in [9.17, 15) is 4.79 Å². The number of aliphatic hydroxyl groups excluding tert-OH is 1. The highest BCUT2D eigenvalue weighted by Crippen LogP contribution is 2.39. The van der Waals surface area contributed by atoms with Crippen molar-refractivity contribution in [2.45, 2.75) is 95.6 Å². The third-order valence-electron chi connectivity index (χ3n) is 7.87. The number of aryl methyl sites for hydroxylation is 2. The molecular formula is C27H40N4O2. The molecule has 0 saturated heterocycles. The number of hydrogen-bond donors (Lipinski definition) is 1. The Morgan fingerprint density at radius 2 is 1.91 bits per heavy atom. The van der Waals surface area contributed by atoms with Gasteiger partial charge in [-0.1, -0.05) is 54.3 Å². The van der Waals surface area contributed by atoms with Gasteiger partial charge in [-0.05, 0) is 69.8 Å². The van der Waals surface area contributed by atoms with Gasteiger partial charge in [-0.25, -0.2) is 4.68 Å². The average molecular weight is 453 g/mol. The molecule has 1 N–H and O–H groups in total. The zero-order chi connectivity index (χ0) is 23.2. The zero-order valence-corrected chi connectivity index (χ0v) is 20.3. The van der Waals surface area contributed by atoms with Crippen molar-refractivity contribution in [1.82, 2.24) is 19.9 Å². The number of nitrogens with zero attached hydrogens (tertiary/aromatic N) is 4. The van der Waals surface area contributed by atoms with Gasteiger partial charge in [0.1, 0.15) is 0 Å². The number of rotatable bonds is 8. The predicted octanol–water partition coefficient (Wildman–Crippen LogP) is 4.82. The smallest absolute Gasteiger partial charge is 0.230 e. The van der Waals surface area contributed by atoms with Gasteiger partial charge >= 0.3 is 0 Å². The van der Waals surface area contributed by atoms with Crippen LogP contribution in [0.4, 0.5) is 0 Å². The highest BCUT2D eigenvalue weighted by atomic mass is 16.3. The van der Waals surface area contributed by atoms with Crippen LogP contribution in [0.15, 0.2) is 30.5 Å². The fraction of sp³-hybridized carbons (Fsp3) is 0.667. The van der Waals surface area contributed by atoms with Gasteiger partial charge in [0.05, 0.1) is 17.7 Å². The van der Waals surface area contributed by atoms with Crippen molar-refractivity contribution in [3.05, 3.63) is 47.3 Å². The average Bonchev–Trinajstić information content (AvgIpc) is 3.32. The summed E-state index contributed by atoms with van der Waals surface area (Å²) in [6, 6.07) is 9.25. The van der Waals surface area contributed by atoms with E-state index in [1.165, 1.54) is 30.4 Å². The number of carbonyl (C=O) groups excluding carboxylic acids is 1. The van der Waals surface area contributed by atoms with Crippen molar-refractivity contribution in [1.29, 1.82) is 0 Å². The molecule has 6 nitrogen and oxygen atoms in total. The third kappa shape index (κ3) is 5.84. The minimum absolute atomic E-state index is 0.0164. The summed E-state index contributed by atoms with van der Waals surface area (Å²) in [4.78, 5) is 16.0. The van der Waals surface area contributed by atoms with Gasteiger partial charge in [0.15, 0.2) is 0 Å². The summed E-state index contributed by atoms with van der Waals surface area (Å²) in [6.45, 7) is 2.30. The monoisotopic (exact) mass is 452 g/mol. The highest BCUT2D eigenvalue weighted by Gasteiger charge is 2.36. The van der Waals surface area contributed by atoms with Gasteiger partial charge in [-0.2, -0.15) is 0 Å². The van der Waals surface area contributed by atoms with E-state index in [1.807, 2.05) is 17.9 Å². The number of carbonyl (C=O) groups is 1. The predicted molar refractivity (Wildman–Crippen MR) is 130 cm³/mol. The number of likely N-dealkylation sites (N-methyl/N-ethyl adjacent to an activating group) is 1. The summed E-state index contributed by atoms with van der Waals surface area (Å²) in [6.07, 6.45) is 13.7. The van der Waals surface area contributed by atoms with Crippen LogP contribution in [0.2, 0.25) is 0 Å². The lowest BCUT2D eigenvalue weighted by molar-refractivity contribution is -0.136. The van der Waals surface area contributed by atoms with Crippen LogP contribution in [0.1, 0.15) is 93.0 Å². The molecule has 180 valence electrons. The van der Waals surface area contributed by atoms with Gasteiger partial charge in [-0.3, -0.25) is 4.79 Å². The Morgan fingerprint density at radius 3 is 2.61 bits per heavy atom. The van der Waals surface area contributed by atoms with Gasteiger partial charge in [0.25, 0.3) is 0 Å². The quantitative estimate of drug-likeness (QED) is 0.623. The zero-order valence-electron chi connectivity index (χ0n) is 20.3. The fourth-order valence-corrected chi connectivity index (χ4v) is 5.92. The SMILES string of the molecule is Cc1cccc(C(C(=O)N(C)C2CCC(n3cc(CCCO)nn3)CC2)C2CCCCC2)c1. The Balaban J connectivity index is 1.41. The number of amides is 1. The molecule has 1 aromatic carbocycles. The van der Waals surface area contributed by atoms with E-state index in [0.717, 1.165) is 57.1 Å². The van der Waals surface area contributed by atoms with E-state index in [1.54, 1.807) is 0 Å². The molecule has 1 atom stereocenters. The van der Waals surface area contributed by atoms with Gasteiger partial charge in [-0.15, -0.1) is 5.10 Å². The molecule has 0 bridgehead atoms. The molecule has 4 rings (SSSR count). The summed E-state index contributed by atoms with van der Waals surface area (Å²) in [7, 11) is 2.03. The van der Waals surface area contributed by atoms with Crippen molar-refractivity contribution in [3.8, 4) is 0 Å². The van der Waals surface area contributed by atoms with Crippen molar-refractivity contribution in [3.63, 3.8) is 0 Å². The Hall–Kier alpha value is -2.21. The molecule has 0 aliphatic heterocycles. The van der Waals surface area contributed by atoms with E-state index in [0.29, 0.717) is 23.9 Å². The molecule has 1 heterocycles. The summed E-state index contributed by atoms with van der Waals surface area (Å²) >= 11 is 0. The highest BCUT2D eigenvalue weighted by molar-refractivity contribution is 5.84. The Kier molecular flexibility index (Phi) is 8.18. The maximum atomic E-state index is 13.9. The molecule has 2 aromatic rings. The molecule has 0 radical (unpaired) electrons. The van der Waals surface area contributed by atoms with E-state index in [4.69, 9.17) is 5.11 Å². The number of benzene rings is 1. The number of aromatic nitrogens is 3. The van der Waals surface area contributed by atoms with E-state index in [-0.39, 0.29) is 12.5 Å². The lowest BCUT2D eigenvalue weighted by Gasteiger charge is -2.38. The van der Waals surface area contributed by atoms with Crippen molar-refractivity contribution in [2.75, 3.05) is 13.7 Å². The molecule has 1 amide bonds. The summed E-state index contributed by atoms with van der Waals surface area (Å²) in [5.74, 6) is 0.750. The van der Waals surface area contributed by atoms with Crippen molar-refractivity contribution >= 4 is 5.91 Å². The first-order valence-electron chi connectivity index (χ1n) is 12.9. The molecule has 0 spiro atoms. The van der Waals surface area contributed by atoms with Crippen LogP contribution in [0.5, 0.6) is 0 Å². The second-order valence-electron chi connectivity index (χ2n) is 10.2. The second kappa shape index (κ2) is 11.3. The van der Waals surface area contributed by atoms with E-state index < -0.39 is 0 Å². The van der Waals surface area contributed by atoms with Crippen LogP contribution < -0.4 is 0 Å². The molecule has 2 fully saturated rings. The summed E-state index contributed by atoms with van der Waals surface area (Å²) in [5.41, 5.74) is 3.38. The largest absolute Gasteiger partial charge is 0.396 e. The lowest BCUT2D eigenvalue weighted by atomic mass is 9.75. The van der Waals surface area contributed by atoms with Crippen LogP contribution in [0.3, 0.4) is 0 Å². The lowest BCUT2D eigenvalue weighted by Crippen LogP contribution is -2.44. The molecular weight excluding hydrogens is 412 g/mol. The summed E-state index contributed by atoms with van der Waals surface area (Å²) < 4.78 is 2.00.